The monoisotopic (exact) mass is 331 g/mol. The summed E-state index contributed by atoms with van der Waals surface area (Å²) in [5, 5.41) is 3.00. The van der Waals surface area contributed by atoms with Crippen molar-refractivity contribution in [3.8, 4) is 11.5 Å². The number of carbonyl (C=O) groups is 1. The third-order valence-electron chi connectivity index (χ3n) is 4.53. The van der Waals surface area contributed by atoms with Crippen molar-refractivity contribution in [1.82, 2.24) is 15.1 Å². The summed E-state index contributed by atoms with van der Waals surface area (Å²) >= 11 is 0. The predicted molar refractivity (Wildman–Crippen MR) is 93.4 cm³/mol. The molecule has 0 saturated carbocycles. The van der Waals surface area contributed by atoms with Gasteiger partial charge in [-0.3, -0.25) is 9.69 Å². The number of piperazine rings is 1. The van der Waals surface area contributed by atoms with E-state index in [-0.39, 0.29) is 12.5 Å². The van der Waals surface area contributed by atoms with Crippen molar-refractivity contribution in [2.24, 2.45) is 0 Å². The molecule has 6 nitrogen and oxygen atoms in total. The van der Waals surface area contributed by atoms with Crippen LogP contribution in [0.3, 0.4) is 0 Å². The molecule has 1 aromatic rings. The first-order valence-electron chi connectivity index (χ1n) is 8.37. The fraction of sp³-hybridized carbons (Fsp3) is 0.500. The Morgan fingerprint density at radius 1 is 1.29 bits per heavy atom. The number of ether oxygens (including phenoxy) is 2. The van der Waals surface area contributed by atoms with Crippen LogP contribution in [0.1, 0.15) is 5.56 Å². The number of benzene rings is 1. The van der Waals surface area contributed by atoms with Gasteiger partial charge in [0.15, 0.2) is 11.5 Å². The van der Waals surface area contributed by atoms with E-state index in [1.807, 2.05) is 24.3 Å². The van der Waals surface area contributed by atoms with Gasteiger partial charge in [0.05, 0.1) is 12.7 Å². The van der Waals surface area contributed by atoms with Crippen LogP contribution in [0.2, 0.25) is 0 Å². The molecule has 0 radical (unpaired) electrons. The van der Waals surface area contributed by atoms with Crippen molar-refractivity contribution in [3.05, 3.63) is 29.3 Å². The van der Waals surface area contributed by atoms with E-state index >= 15 is 0 Å². The quantitative estimate of drug-likeness (QED) is 0.866. The first-order chi connectivity index (χ1) is 11.7. The molecule has 2 aliphatic heterocycles. The summed E-state index contributed by atoms with van der Waals surface area (Å²) < 4.78 is 11.0. The molecule has 0 bridgehead atoms. The maximum atomic E-state index is 12.3. The van der Waals surface area contributed by atoms with Crippen LogP contribution in [-0.4, -0.2) is 75.7 Å². The number of methoxy groups -OCH3 is 1. The van der Waals surface area contributed by atoms with Gasteiger partial charge in [-0.05, 0) is 19.2 Å². The molecule has 1 aromatic carbocycles. The Morgan fingerprint density at radius 2 is 2.08 bits per heavy atom. The number of carbonyl (C=O) groups excluding carboxylic acids is 1. The van der Waals surface area contributed by atoms with Gasteiger partial charge < -0.3 is 19.7 Å². The Morgan fingerprint density at radius 3 is 2.83 bits per heavy atom. The van der Waals surface area contributed by atoms with Gasteiger partial charge in [0.1, 0.15) is 6.61 Å². The lowest BCUT2D eigenvalue weighted by Gasteiger charge is -2.32. The van der Waals surface area contributed by atoms with Crippen LogP contribution < -0.4 is 14.8 Å². The van der Waals surface area contributed by atoms with Gasteiger partial charge in [-0.15, -0.1) is 0 Å². The van der Waals surface area contributed by atoms with E-state index in [9.17, 15) is 4.79 Å². The molecule has 0 aromatic heterocycles. The first kappa shape index (κ1) is 16.8. The summed E-state index contributed by atoms with van der Waals surface area (Å²) in [6.45, 7) is 6.12. The van der Waals surface area contributed by atoms with Crippen molar-refractivity contribution < 1.29 is 14.3 Å². The van der Waals surface area contributed by atoms with Crippen molar-refractivity contribution in [2.75, 3.05) is 60.0 Å². The SMILES string of the molecule is COc1cccc2c1OCC(C(=O)NCCN1CCN(C)CC1)=C2. The second-order valence-corrected chi connectivity index (χ2v) is 6.24. The highest BCUT2D eigenvalue weighted by Crippen LogP contribution is 2.35. The average molecular weight is 331 g/mol. The number of likely N-dealkylation sites (N-methyl/N-ethyl adjacent to an activating group) is 1. The Hall–Kier alpha value is -2.05. The minimum absolute atomic E-state index is 0.0578. The number of nitrogens with one attached hydrogen (secondary N) is 1. The second kappa shape index (κ2) is 7.68. The van der Waals surface area contributed by atoms with Gasteiger partial charge in [0.25, 0.3) is 5.91 Å². The molecule has 0 unspecified atom stereocenters. The lowest BCUT2D eigenvalue weighted by molar-refractivity contribution is -0.117. The number of fused-ring (bicyclic) bond motifs is 1. The third kappa shape index (κ3) is 3.88. The number of amides is 1. The molecule has 3 rings (SSSR count). The zero-order valence-electron chi connectivity index (χ0n) is 14.4. The largest absolute Gasteiger partial charge is 0.493 e. The zero-order valence-corrected chi connectivity index (χ0v) is 14.4. The van der Waals surface area contributed by atoms with E-state index in [0.29, 0.717) is 23.6 Å². The molecular formula is C18H25N3O3. The molecule has 1 amide bonds. The highest BCUT2D eigenvalue weighted by Gasteiger charge is 2.20. The summed E-state index contributed by atoms with van der Waals surface area (Å²) in [5.41, 5.74) is 1.53. The fourth-order valence-electron chi connectivity index (χ4n) is 2.98. The van der Waals surface area contributed by atoms with Crippen LogP contribution in [0, 0.1) is 0 Å². The van der Waals surface area contributed by atoms with Gasteiger partial charge in [-0.2, -0.15) is 0 Å². The van der Waals surface area contributed by atoms with Crippen molar-refractivity contribution in [3.63, 3.8) is 0 Å². The number of hydrogen-bond donors (Lipinski definition) is 1. The van der Waals surface area contributed by atoms with Gasteiger partial charge >= 0.3 is 0 Å². The molecule has 0 atom stereocenters. The van der Waals surface area contributed by atoms with Crippen molar-refractivity contribution in [2.45, 2.75) is 0 Å². The Kier molecular flexibility index (Phi) is 5.37. The van der Waals surface area contributed by atoms with Gasteiger partial charge in [0, 0.05) is 44.8 Å². The maximum Gasteiger partial charge on any atom is 0.250 e. The summed E-state index contributed by atoms with van der Waals surface area (Å²) in [5.74, 6) is 1.34. The molecule has 6 heteroatoms. The number of para-hydroxylation sites is 1. The number of hydrogen-bond acceptors (Lipinski definition) is 5. The Labute approximate surface area is 143 Å². The molecule has 1 fully saturated rings. The van der Waals surface area contributed by atoms with E-state index in [0.717, 1.165) is 38.3 Å². The van der Waals surface area contributed by atoms with Gasteiger partial charge in [0.2, 0.25) is 0 Å². The standard InChI is InChI=1S/C18H25N3O3/c1-20-8-10-21(11-9-20)7-6-19-18(22)15-12-14-4-3-5-16(23-2)17(14)24-13-15/h3-5,12H,6-11,13H2,1-2H3,(H,19,22). The van der Waals surface area contributed by atoms with Crippen LogP contribution in [0.4, 0.5) is 0 Å². The number of nitrogens with zero attached hydrogens (tertiary/aromatic N) is 2. The molecule has 2 aliphatic rings. The smallest absolute Gasteiger partial charge is 0.250 e. The second-order valence-electron chi connectivity index (χ2n) is 6.24. The molecule has 130 valence electrons. The third-order valence-corrected chi connectivity index (χ3v) is 4.53. The van der Waals surface area contributed by atoms with Crippen LogP contribution in [0.5, 0.6) is 11.5 Å². The molecule has 24 heavy (non-hydrogen) atoms. The molecular weight excluding hydrogens is 306 g/mol. The Balaban J connectivity index is 1.53. The highest BCUT2D eigenvalue weighted by molar-refractivity contribution is 5.99. The van der Waals surface area contributed by atoms with Crippen LogP contribution >= 0.6 is 0 Å². The van der Waals surface area contributed by atoms with Crippen molar-refractivity contribution in [1.29, 1.82) is 0 Å². The van der Waals surface area contributed by atoms with Gasteiger partial charge in [-0.1, -0.05) is 12.1 Å². The topological polar surface area (TPSA) is 54.0 Å². The summed E-state index contributed by atoms with van der Waals surface area (Å²) in [7, 11) is 3.75. The summed E-state index contributed by atoms with van der Waals surface area (Å²) in [6, 6.07) is 5.67. The van der Waals surface area contributed by atoms with E-state index in [4.69, 9.17) is 9.47 Å². The molecule has 0 aliphatic carbocycles. The molecule has 2 heterocycles. The van der Waals surface area contributed by atoms with Crippen molar-refractivity contribution >= 4 is 12.0 Å². The Bertz CT molecular complexity index is 622. The van der Waals surface area contributed by atoms with E-state index in [1.54, 1.807) is 7.11 Å². The van der Waals surface area contributed by atoms with E-state index < -0.39 is 0 Å². The minimum Gasteiger partial charge on any atom is -0.493 e. The lowest BCUT2D eigenvalue weighted by atomic mass is 10.1. The van der Waals surface area contributed by atoms with Crippen LogP contribution in [0.15, 0.2) is 23.8 Å². The zero-order chi connectivity index (χ0) is 16.9. The minimum atomic E-state index is -0.0578. The fourth-order valence-corrected chi connectivity index (χ4v) is 2.98. The highest BCUT2D eigenvalue weighted by atomic mass is 16.5. The van der Waals surface area contributed by atoms with Crippen LogP contribution in [0.25, 0.3) is 6.08 Å². The maximum absolute atomic E-state index is 12.3. The lowest BCUT2D eigenvalue weighted by Crippen LogP contribution is -2.47. The summed E-state index contributed by atoms with van der Waals surface area (Å²) in [6.07, 6.45) is 1.88. The number of rotatable bonds is 5. The average Bonchev–Trinajstić information content (AvgIpc) is 2.62. The molecule has 0 spiro atoms. The summed E-state index contributed by atoms with van der Waals surface area (Å²) in [4.78, 5) is 17.0. The normalized spacial score (nSPS) is 18.3. The molecule has 1 N–H and O–H groups in total. The molecule has 1 saturated heterocycles. The predicted octanol–water partition coefficient (Wildman–Crippen LogP) is 0.835. The first-order valence-corrected chi connectivity index (χ1v) is 8.37. The van der Waals surface area contributed by atoms with E-state index in [1.165, 1.54) is 0 Å². The van der Waals surface area contributed by atoms with Crippen LogP contribution in [-0.2, 0) is 4.79 Å². The van der Waals surface area contributed by atoms with E-state index in [2.05, 4.69) is 22.2 Å². The van der Waals surface area contributed by atoms with Gasteiger partial charge in [-0.25, -0.2) is 0 Å².